The number of likely N-dealkylation sites (N-methyl/N-ethyl adjacent to an activating group) is 1. The lowest BCUT2D eigenvalue weighted by Gasteiger charge is -2.11. The van der Waals surface area contributed by atoms with E-state index >= 15 is 0 Å². The zero-order valence-corrected chi connectivity index (χ0v) is 14.1. The van der Waals surface area contributed by atoms with Crippen molar-refractivity contribution in [1.29, 1.82) is 0 Å². The van der Waals surface area contributed by atoms with E-state index in [1.165, 1.54) is 11.3 Å². The Balaban J connectivity index is 1.75. The summed E-state index contributed by atoms with van der Waals surface area (Å²) in [5.41, 5.74) is 0.937. The van der Waals surface area contributed by atoms with E-state index in [1.807, 2.05) is 41.8 Å². The Morgan fingerprint density at radius 2 is 2.00 bits per heavy atom. The monoisotopic (exact) mass is 349 g/mol. The summed E-state index contributed by atoms with van der Waals surface area (Å²) < 4.78 is 0. The number of anilines is 1. The van der Waals surface area contributed by atoms with Crippen LogP contribution < -0.4 is 4.90 Å². The fourth-order valence-corrected chi connectivity index (χ4v) is 3.50. The van der Waals surface area contributed by atoms with Gasteiger partial charge in [0.1, 0.15) is 5.01 Å². The molecule has 0 unspecified atom stereocenters. The number of aromatic nitrogens is 2. The number of carbonyl (C=O) groups is 1. The van der Waals surface area contributed by atoms with Crippen molar-refractivity contribution in [2.45, 2.75) is 6.42 Å². The summed E-state index contributed by atoms with van der Waals surface area (Å²) in [5.74, 6) is 0.00116. The molecule has 0 saturated carbocycles. The van der Waals surface area contributed by atoms with Crippen molar-refractivity contribution < 1.29 is 4.79 Å². The van der Waals surface area contributed by atoms with Gasteiger partial charge in [0.15, 0.2) is 0 Å². The first kappa shape index (κ1) is 15.1. The molecule has 4 nitrogen and oxygen atoms in total. The second-order valence-electron chi connectivity index (χ2n) is 4.61. The maximum absolute atomic E-state index is 12.3. The molecule has 0 spiro atoms. The minimum atomic E-state index is 0.00116. The number of hydrogen-bond acceptors (Lipinski definition) is 5. The van der Waals surface area contributed by atoms with Crippen LogP contribution >= 0.6 is 34.3 Å². The van der Waals surface area contributed by atoms with E-state index in [4.69, 9.17) is 11.6 Å². The molecule has 0 radical (unpaired) electrons. The molecule has 3 rings (SSSR count). The highest BCUT2D eigenvalue weighted by molar-refractivity contribution is 7.18. The maximum atomic E-state index is 12.3. The lowest BCUT2D eigenvalue weighted by molar-refractivity contribution is -0.117. The smallest absolute Gasteiger partial charge is 0.233 e. The topological polar surface area (TPSA) is 46.1 Å². The van der Waals surface area contributed by atoms with Crippen molar-refractivity contribution in [2.75, 3.05) is 11.9 Å². The summed E-state index contributed by atoms with van der Waals surface area (Å²) in [6.07, 6.45) is 0.379. The van der Waals surface area contributed by atoms with E-state index in [-0.39, 0.29) is 5.91 Å². The molecule has 22 heavy (non-hydrogen) atoms. The van der Waals surface area contributed by atoms with Crippen molar-refractivity contribution in [3.05, 3.63) is 51.7 Å². The van der Waals surface area contributed by atoms with Crippen LogP contribution in [0.1, 0.15) is 4.88 Å². The van der Waals surface area contributed by atoms with Crippen LogP contribution in [0, 0.1) is 0 Å². The molecule has 3 aromatic rings. The molecule has 2 heterocycles. The Hall–Kier alpha value is -1.76. The van der Waals surface area contributed by atoms with E-state index in [2.05, 4.69) is 10.2 Å². The molecule has 1 amide bonds. The van der Waals surface area contributed by atoms with Gasteiger partial charge in [-0.05, 0) is 23.6 Å². The van der Waals surface area contributed by atoms with Gasteiger partial charge in [-0.1, -0.05) is 41.1 Å². The third-order valence-electron chi connectivity index (χ3n) is 3.07. The van der Waals surface area contributed by atoms with E-state index in [0.717, 1.165) is 15.4 Å². The molecular formula is C15H12ClN3OS2. The van der Waals surface area contributed by atoms with E-state index in [9.17, 15) is 4.79 Å². The Labute approximate surface area is 141 Å². The zero-order chi connectivity index (χ0) is 15.5. The first-order valence-corrected chi connectivity index (χ1v) is 8.59. The molecule has 0 aliphatic heterocycles. The Morgan fingerprint density at radius 1 is 1.23 bits per heavy atom. The Morgan fingerprint density at radius 3 is 2.68 bits per heavy atom. The molecule has 0 atom stereocenters. The fraction of sp³-hybridized carbons (Fsp3) is 0.133. The fourth-order valence-electron chi connectivity index (χ4n) is 1.85. The molecule has 0 saturated heterocycles. The third-order valence-corrected chi connectivity index (χ3v) is 5.25. The summed E-state index contributed by atoms with van der Waals surface area (Å²) in [4.78, 5) is 14.8. The molecular weight excluding hydrogens is 338 g/mol. The Kier molecular flexibility index (Phi) is 4.52. The predicted octanol–water partition coefficient (Wildman–Crippen LogP) is 4.13. The van der Waals surface area contributed by atoms with E-state index in [0.29, 0.717) is 16.6 Å². The van der Waals surface area contributed by atoms with Crippen LogP contribution in [0.3, 0.4) is 0 Å². The van der Waals surface area contributed by atoms with Gasteiger partial charge >= 0.3 is 0 Å². The third kappa shape index (κ3) is 3.35. The average molecular weight is 350 g/mol. The minimum Gasteiger partial charge on any atom is -0.289 e. The molecule has 0 aliphatic carbocycles. The highest BCUT2D eigenvalue weighted by Gasteiger charge is 2.17. The first-order chi connectivity index (χ1) is 10.6. The molecule has 7 heteroatoms. The zero-order valence-electron chi connectivity index (χ0n) is 11.7. The number of carbonyl (C=O) groups excluding carboxylic acids is 1. The van der Waals surface area contributed by atoms with Crippen molar-refractivity contribution >= 4 is 45.3 Å². The van der Waals surface area contributed by atoms with Crippen LogP contribution in [0.4, 0.5) is 5.13 Å². The van der Waals surface area contributed by atoms with Crippen LogP contribution in [-0.2, 0) is 11.2 Å². The van der Waals surface area contributed by atoms with Gasteiger partial charge in [0.2, 0.25) is 11.0 Å². The molecule has 0 bridgehead atoms. The number of rotatable bonds is 4. The predicted molar refractivity (Wildman–Crippen MR) is 91.8 cm³/mol. The highest BCUT2D eigenvalue weighted by atomic mass is 35.5. The average Bonchev–Trinajstić information content (AvgIpc) is 3.18. The maximum Gasteiger partial charge on any atom is 0.233 e. The number of hydrogen-bond donors (Lipinski definition) is 0. The number of amides is 1. The summed E-state index contributed by atoms with van der Waals surface area (Å²) in [6.45, 7) is 0. The van der Waals surface area contributed by atoms with E-state index < -0.39 is 0 Å². The van der Waals surface area contributed by atoms with Gasteiger partial charge in [0.05, 0.1) is 6.42 Å². The standard InChI is InChI=1S/C15H12ClN3OS2/c1-19(13(20)9-12-3-2-8-21-12)15-18-17-14(22-15)10-4-6-11(16)7-5-10/h2-8H,9H2,1H3. The molecule has 0 fully saturated rings. The van der Waals surface area contributed by atoms with Gasteiger partial charge in [0, 0.05) is 22.5 Å². The van der Waals surface area contributed by atoms with Crippen molar-refractivity contribution in [3.8, 4) is 10.6 Å². The summed E-state index contributed by atoms with van der Waals surface area (Å²) in [6, 6.07) is 11.3. The number of benzene rings is 1. The van der Waals surface area contributed by atoms with E-state index in [1.54, 1.807) is 23.3 Å². The summed E-state index contributed by atoms with van der Waals surface area (Å²) in [5, 5.41) is 12.3. The van der Waals surface area contributed by atoms with Crippen LogP contribution in [0.5, 0.6) is 0 Å². The minimum absolute atomic E-state index is 0.00116. The van der Waals surface area contributed by atoms with Crippen molar-refractivity contribution in [1.82, 2.24) is 10.2 Å². The van der Waals surface area contributed by atoms with Crippen LogP contribution in [0.15, 0.2) is 41.8 Å². The second-order valence-corrected chi connectivity index (χ2v) is 7.03. The van der Waals surface area contributed by atoms with Crippen LogP contribution in [0.25, 0.3) is 10.6 Å². The number of halogens is 1. The van der Waals surface area contributed by atoms with Gasteiger partial charge < -0.3 is 0 Å². The molecule has 0 aliphatic rings. The van der Waals surface area contributed by atoms with Gasteiger partial charge in [-0.25, -0.2) is 0 Å². The van der Waals surface area contributed by atoms with Crippen LogP contribution in [0.2, 0.25) is 5.02 Å². The number of nitrogens with zero attached hydrogens (tertiary/aromatic N) is 3. The largest absolute Gasteiger partial charge is 0.289 e. The van der Waals surface area contributed by atoms with Gasteiger partial charge in [-0.2, -0.15) is 0 Å². The SMILES string of the molecule is CN(C(=O)Cc1cccs1)c1nnc(-c2ccc(Cl)cc2)s1. The summed E-state index contributed by atoms with van der Waals surface area (Å²) >= 11 is 8.84. The van der Waals surface area contributed by atoms with Gasteiger partial charge in [-0.3, -0.25) is 9.69 Å². The molecule has 1 aromatic carbocycles. The van der Waals surface area contributed by atoms with Gasteiger partial charge in [-0.15, -0.1) is 21.5 Å². The van der Waals surface area contributed by atoms with Crippen molar-refractivity contribution in [2.24, 2.45) is 0 Å². The molecule has 2 aromatic heterocycles. The Bertz CT molecular complexity index is 768. The van der Waals surface area contributed by atoms with Gasteiger partial charge in [0.25, 0.3) is 0 Å². The lowest BCUT2D eigenvalue weighted by atomic mass is 10.2. The number of thiophene rings is 1. The second kappa shape index (κ2) is 6.56. The molecule has 0 N–H and O–H groups in total. The normalized spacial score (nSPS) is 10.6. The lowest BCUT2D eigenvalue weighted by Crippen LogP contribution is -2.27. The van der Waals surface area contributed by atoms with Crippen molar-refractivity contribution in [3.63, 3.8) is 0 Å². The highest BCUT2D eigenvalue weighted by Crippen LogP contribution is 2.29. The first-order valence-electron chi connectivity index (χ1n) is 6.52. The quantitative estimate of drug-likeness (QED) is 0.711. The summed E-state index contributed by atoms with van der Waals surface area (Å²) in [7, 11) is 1.72. The van der Waals surface area contributed by atoms with Crippen LogP contribution in [-0.4, -0.2) is 23.2 Å². The molecule has 112 valence electrons.